The number of carboxylic acid groups (broad SMARTS) is 1. The van der Waals surface area contributed by atoms with Gasteiger partial charge in [-0.15, -0.1) is 0 Å². The zero-order chi connectivity index (χ0) is 20.1. The van der Waals surface area contributed by atoms with Crippen LogP contribution >= 0.6 is 11.6 Å². The number of anilines is 1. The number of benzene rings is 2. The second-order valence-electron chi connectivity index (χ2n) is 8.40. The van der Waals surface area contributed by atoms with Crippen LogP contribution in [0.2, 0.25) is 5.02 Å². The van der Waals surface area contributed by atoms with Gasteiger partial charge in [-0.05, 0) is 54.7 Å². The van der Waals surface area contributed by atoms with Crippen LogP contribution in [0.15, 0.2) is 30.3 Å². The van der Waals surface area contributed by atoms with Crippen LogP contribution in [0, 0.1) is 11.7 Å². The molecular formula is C23H23ClFNO3. The fourth-order valence-electron chi connectivity index (χ4n) is 4.38. The number of carbonyl (C=O) groups is 1. The van der Waals surface area contributed by atoms with Crippen molar-refractivity contribution < 1.29 is 19.0 Å². The van der Waals surface area contributed by atoms with Gasteiger partial charge in [-0.2, -0.15) is 0 Å². The SMILES string of the molecule is O=C(O)[C@H]1C[C@@H]1c1ccc2c(c1)CCN(c1cc(OC3CCC3)cc(Cl)c1F)C2. The minimum atomic E-state index is -0.713. The van der Waals surface area contributed by atoms with Crippen LogP contribution in [0.4, 0.5) is 10.1 Å². The number of ether oxygens (including phenoxy) is 1. The molecule has 2 aromatic rings. The fourth-order valence-corrected chi connectivity index (χ4v) is 4.58. The molecule has 2 fully saturated rings. The van der Waals surface area contributed by atoms with Crippen molar-refractivity contribution in [1.82, 2.24) is 0 Å². The highest BCUT2D eigenvalue weighted by molar-refractivity contribution is 6.31. The van der Waals surface area contributed by atoms with Crippen molar-refractivity contribution in [2.45, 2.75) is 50.7 Å². The molecule has 29 heavy (non-hydrogen) atoms. The highest BCUT2D eigenvalue weighted by Crippen LogP contribution is 2.48. The monoisotopic (exact) mass is 415 g/mol. The molecule has 0 bridgehead atoms. The van der Waals surface area contributed by atoms with Crippen molar-refractivity contribution in [2.24, 2.45) is 5.92 Å². The average molecular weight is 416 g/mol. The molecule has 3 aliphatic rings. The number of fused-ring (bicyclic) bond motifs is 1. The molecule has 1 heterocycles. The van der Waals surface area contributed by atoms with Crippen molar-refractivity contribution >= 4 is 23.3 Å². The quantitative estimate of drug-likeness (QED) is 0.732. The van der Waals surface area contributed by atoms with E-state index in [0.29, 0.717) is 24.5 Å². The lowest BCUT2D eigenvalue weighted by atomic mass is 9.95. The van der Waals surface area contributed by atoms with Crippen LogP contribution < -0.4 is 9.64 Å². The molecule has 2 aromatic carbocycles. The Bertz CT molecular complexity index is 975. The standard InChI is InChI=1S/C23H23ClFNO3/c24-20-9-17(29-16-2-1-3-16)10-21(22(20)25)26-7-6-13-8-14(4-5-15(13)12-26)18-11-19(18)23(27)28/h4-5,8-10,16,18-19H,1-3,6-7,11-12H2,(H,27,28)/t18-,19+/m1/s1. The molecule has 4 nitrogen and oxygen atoms in total. The highest BCUT2D eigenvalue weighted by Gasteiger charge is 2.44. The summed E-state index contributed by atoms with van der Waals surface area (Å²) >= 11 is 6.16. The van der Waals surface area contributed by atoms with E-state index in [2.05, 4.69) is 12.1 Å². The van der Waals surface area contributed by atoms with E-state index in [1.165, 1.54) is 12.0 Å². The fraction of sp³-hybridized carbons (Fsp3) is 0.435. The summed E-state index contributed by atoms with van der Waals surface area (Å²) in [6.45, 7) is 1.28. The number of carboxylic acids is 1. The van der Waals surface area contributed by atoms with Gasteiger partial charge in [-0.3, -0.25) is 4.79 Å². The van der Waals surface area contributed by atoms with Crippen molar-refractivity contribution in [3.63, 3.8) is 0 Å². The lowest BCUT2D eigenvalue weighted by Gasteiger charge is -2.32. The molecule has 1 aliphatic heterocycles. The average Bonchev–Trinajstić information content (AvgIpc) is 3.47. The summed E-state index contributed by atoms with van der Waals surface area (Å²) in [5.41, 5.74) is 3.96. The molecule has 0 aromatic heterocycles. The van der Waals surface area contributed by atoms with E-state index in [-0.39, 0.29) is 23.0 Å². The minimum Gasteiger partial charge on any atom is -0.490 e. The lowest BCUT2D eigenvalue weighted by Crippen LogP contribution is -2.31. The maximum atomic E-state index is 14.8. The van der Waals surface area contributed by atoms with Gasteiger partial charge < -0.3 is 14.7 Å². The number of aliphatic carboxylic acids is 1. The van der Waals surface area contributed by atoms with E-state index in [9.17, 15) is 9.18 Å². The third-order valence-electron chi connectivity index (χ3n) is 6.46. The molecule has 0 unspecified atom stereocenters. The van der Waals surface area contributed by atoms with Gasteiger partial charge in [0.1, 0.15) is 5.75 Å². The number of nitrogens with zero attached hydrogens (tertiary/aromatic N) is 1. The maximum Gasteiger partial charge on any atom is 0.307 e. The summed E-state index contributed by atoms with van der Waals surface area (Å²) in [4.78, 5) is 13.2. The van der Waals surface area contributed by atoms with E-state index in [4.69, 9.17) is 21.4 Å². The third kappa shape index (κ3) is 3.57. The van der Waals surface area contributed by atoms with Crippen LogP contribution in [-0.4, -0.2) is 23.7 Å². The van der Waals surface area contributed by atoms with Crippen LogP contribution in [0.3, 0.4) is 0 Å². The first kappa shape index (κ1) is 18.7. The minimum absolute atomic E-state index is 0.0893. The molecule has 0 amide bonds. The molecular weight excluding hydrogens is 393 g/mol. The van der Waals surface area contributed by atoms with Crippen molar-refractivity contribution in [2.75, 3.05) is 11.4 Å². The topological polar surface area (TPSA) is 49.8 Å². The Morgan fingerprint density at radius 3 is 2.72 bits per heavy atom. The second kappa shape index (κ2) is 7.21. The number of halogens is 2. The van der Waals surface area contributed by atoms with Gasteiger partial charge >= 0.3 is 5.97 Å². The molecule has 5 rings (SSSR count). The summed E-state index contributed by atoms with van der Waals surface area (Å²) in [5.74, 6) is -0.605. The summed E-state index contributed by atoms with van der Waals surface area (Å²) in [5, 5.41) is 9.26. The van der Waals surface area contributed by atoms with E-state index in [0.717, 1.165) is 36.8 Å². The Balaban J connectivity index is 1.36. The summed E-state index contributed by atoms with van der Waals surface area (Å²) in [6.07, 6.45) is 4.96. The first-order valence-corrected chi connectivity index (χ1v) is 10.6. The van der Waals surface area contributed by atoms with Gasteiger partial charge in [0, 0.05) is 25.2 Å². The zero-order valence-electron chi connectivity index (χ0n) is 16.0. The van der Waals surface area contributed by atoms with Gasteiger partial charge in [-0.1, -0.05) is 29.8 Å². The molecule has 152 valence electrons. The molecule has 0 saturated heterocycles. The molecule has 0 spiro atoms. The predicted octanol–water partition coefficient (Wildman–Crippen LogP) is 5.16. The molecule has 0 radical (unpaired) electrons. The number of hydrogen-bond donors (Lipinski definition) is 1. The molecule has 2 atom stereocenters. The lowest BCUT2D eigenvalue weighted by molar-refractivity contribution is -0.138. The van der Waals surface area contributed by atoms with Crippen LogP contribution in [0.25, 0.3) is 0 Å². The first-order valence-electron chi connectivity index (χ1n) is 10.2. The van der Waals surface area contributed by atoms with E-state index in [1.54, 1.807) is 12.1 Å². The summed E-state index contributed by atoms with van der Waals surface area (Å²) in [6, 6.07) is 9.55. The Morgan fingerprint density at radius 2 is 2.03 bits per heavy atom. The van der Waals surface area contributed by atoms with Crippen LogP contribution in [0.1, 0.15) is 48.3 Å². The molecule has 2 aliphatic carbocycles. The zero-order valence-corrected chi connectivity index (χ0v) is 16.8. The number of hydrogen-bond acceptors (Lipinski definition) is 3. The van der Waals surface area contributed by atoms with Gasteiger partial charge in [0.25, 0.3) is 0 Å². The van der Waals surface area contributed by atoms with Crippen LogP contribution in [0.5, 0.6) is 5.75 Å². The van der Waals surface area contributed by atoms with Crippen molar-refractivity contribution in [3.8, 4) is 5.75 Å². The largest absolute Gasteiger partial charge is 0.490 e. The molecule has 6 heteroatoms. The predicted molar refractivity (Wildman–Crippen MR) is 109 cm³/mol. The van der Waals surface area contributed by atoms with Gasteiger partial charge in [0.05, 0.1) is 22.7 Å². The molecule has 2 saturated carbocycles. The Hall–Kier alpha value is -2.27. The maximum absolute atomic E-state index is 14.8. The van der Waals surface area contributed by atoms with Gasteiger partial charge in [-0.25, -0.2) is 4.39 Å². The Morgan fingerprint density at radius 1 is 1.21 bits per heavy atom. The van der Waals surface area contributed by atoms with Crippen LogP contribution in [-0.2, 0) is 17.8 Å². The number of rotatable bonds is 5. The van der Waals surface area contributed by atoms with E-state index < -0.39 is 11.8 Å². The van der Waals surface area contributed by atoms with Gasteiger partial charge in [0.2, 0.25) is 0 Å². The highest BCUT2D eigenvalue weighted by atomic mass is 35.5. The smallest absolute Gasteiger partial charge is 0.307 e. The second-order valence-corrected chi connectivity index (χ2v) is 8.80. The summed E-state index contributed by atoms with van der Waals surface area (Å²) < 4.78 is 20.7. The molecule has 1 N–H and O–H groups in total. The normalized spacial score (nSPS) is 23.3. The van der Waals surface area contributed by atoms with Gasteiger partial charge in [0.15, 0.2) is 5.82 Å². The Labute approximate surface area is 174 Å². The van der Waals surface area contributed by atoms with E-state index >= 15 is 0 Å². The summed E-state index contributed by atoms with van der Waals surface area (Å²) in [7, 11) is 0. The first-order chi connectivity index (χ1) is 14.0. The van der Waals surface area contributed by atoms with Crippen molar-refractivity contribution in [1.29, 1.82) is 0 Å². The Kier molecular flexibility index (Phi) is 4.66. The van der Waals surface area contributed by atoms with Crippen molar-refractivity contribution in [3.05, 3.63) is 57.9 Å². The van der Waals surface area contributed by atoms with E-state index in [1.807, 2.05) is 11.0 Å². The third-order valence-corrected chi connectivity index (χ3v) is 6.73.